The first-order valence-corrected chi connectivity index (χ1v) is 24.0. The van der Waals surface area contributed by atoms with Crippen LogP contribution in [0.1, 0.15) is 194 Å². The Morgan fingerprint density at radius 2 is 1.16 bits per heavy atom. The number of carbonyl (C=O) groups excluding carboxylic acids is 2. The van der Waals surface area contributed by atoms with Gasteiger partial charge >= 0.3 is 19.8 Å². The molecule has 1 heterocycles. The van der Waals surface area contributed by atoms with Crippen molar-refractivity contribution in [2.24, 2.45) is 0 Å². The normalized spacial score (nSPS) is 17.3. The molecule has 1 aliphatic rings. The summed E-state index contributed by atoms with van der Waals surface area (Å²) < 4.78 is 40.1. The number of ether oxygens (including phenoxy) is 3. The minimum Gasteiger partial charge on any atom is -0.462 e. The highest BCUT2D eigenvalue weighted by atomic mass is 31.2. The third-order valence-electron chi connectivity index (χ3n) is 10.2. The van der Waals surface area contributed by atoms with Crippen molar-refractivity contribution in [3.63, 3.8) is 0 Å². The standard InChI is InChI=1S/C44H84NO9P/c1-6-8-10-11-12-13-14-15-16-17-18-19-23-26-30-34-43(46)50-38-40(39-52-55(48,49)51-37-36-45(3,4)5)53-44(47)35-31-27-24-21-20-22-25-29-33-42-41(54-42)32-28-9-7-2/h25,29,40-42H,6-24,26-28,30-39H2,1-5H3/p+1/b29-25-. The predicted molar refractivity (Wildman–Crippen MR) is 224 cm³/mol. The number of hydrogen-bond acceptors (Lipinski definition) is 8. The summed E-state index contributed by atoms with van der Waals surface area (Å²) in [6.07, 6.45) is 35.6. The van der Waals surface area contributed by atoms with Gasteiger partial charge in [-0.2, -0.15) is 0 Å². The van der Waals surface area contributed by atoms with Gasteiger partial charge in [0.05, 0.1) is 40.0 Å². The number of nitrogens with zero attached hydrogens (tertiary/aromatic N) is 1. The second-order valence-electron chi connectivity index (χ2n) is 16.8. The lowest BCUT2D eigenvalue weighted by Crippen LogP contribution is -2.37. The second kappa shape index (κ2) is 33.7. The Labute approximate surface area is 337 Å². The summed E-state index contributed by atoms with van der Waals surface area (Å²) in [5.41, 5.74) is 0. The second-order valence-corrected chi connectivity index (χ2v) is 18.3. The number of likely N-dealkylation sites (N-methyl/N-ethyl adjacent to an activating group) is 1. The molecule has 1 fully saturated rings. The molecular weight excluding hydrogens is 717 g/mol. The van der Waals surface area contributed by atoms with E-state index in [0.29, 0.717) is 29.7 Å². The van der Waals surface area contributed by atoms with Crippen LogP contribution >= 0.6 is 7.82 Å². The number of allylic oxidation sites excluding steroid dienone is 1. The van der Waals surface area contributed by atoms with Gasteiger partial charge in [0, 0.05) is 12.8 Å². The fraction of sp³-hybridized carbons (Fsp3) is 0.909. The predicted octanol–water partition coefficient (Wildman–Crippen LogP) is 11.6. The van der Waals surface area contributed by atoms with Crippen molar-refractivity contribution in [2.45, 2.75) is 212 Å². The maximum atomic E-state index is 12.7. The molecule has 4 atom stereocenters. The van der Waals surface area contributed by atoms with E-state index in [2.05, 4.69) is 26.0 Å². The van der Waals surface area contributed by atoms with Crippen LogP contribution in [-0.4, -0.2) is 87.1 Å². The first kappa shape index (κ1) is 51.7. The molecule has 11 heteroatoms. The third-order valence-corrected chi connectivity index (χ3v) is 11.2. The number of quaternary nitrogens is 1. The van der Waals surface area contributed by atoms with Crippen molar-refractivity contribution in [3.05, 3.63) is 12.2 Å². The highest BCUT2D eigenvalue weighted by Gasteiger charge is 2.36. The summed E-state index contributed by atoms with van der Waals surface area (Å²) in [6, 6.07) is 0. The summed E-state index contributed by atoms with van der Waals surface area (Å²) in [4.78, 5) is 35.4. The number of rotatable bonds is 40. The monoisotopic (exact) mass is 803 g/mol. The summed E-state index contributed by atoms with van der Waals surface area (Å²) in [7, 11) is 1.47. The van der Waals surface area contributed by atoms with Crippen molar-refractivity contribution in [3.8, 4) is 0 Å². The molecule has 324 valence electrons. The minimum atomic E-state index is -4.38. The van der Waals surface area contributed by atoms with Gasteiger partial charge in [-0.15, -0.1) is 0 Å². The molecule has 1 saturated heterocycles. The van der Waals surface area contributed by atoms with Crippen molar-refractivity contribution in [1.29, 1.82) is 0 Å². The quantitative estimate of drug-likeness (QED) is 0.0161. The van der Waals surface area contributed by atoms with Gasteiger partial charge in [0.2, 0.25) is 0 Å². The van der Waals surface area contributed by atoms with Crippen LogP contribution in [0.2, 0.25) is 0 Å². The van der Waals surface area contributed by atoms with Gasteiger partial charge in [-0.3, -0.25) is 18.6 Å². The molecule has 0 aromatic heterocycles. The van der Waals surface area contributed by atoms with Gasteiger partial charge in [0.15, 0.2) is 6.10 Å². The molecule has 10 nitrogen and oxygen atoms in total. The van der Waals surface area contributed by atoms with Gasteiger partial charge in [-0.1, -0.05) is 154 Å². The van der Waals surface area contributed by atoms with Crippen LogP contribution in [0, 0.1) is 0 Å². The molecule has 0 amide bonds. The van der Waals surface area contributed by atoms with E-state index in [4.69, 9.17) is 23.3 Å². The van der Waals surface area contributed by atoms with Crippen LogP contribution in [-0.2, 0) is 37.4 Å². The molecule has 1 aliphatic heterocycles. The molecule has 0 spiro atoms. The highest BCUT2D eigenvalue weighted by Crippen LogP contribution is 2.43. The van der Waals surface area contributed by atoms with E-state index in [0.717, 1.165) is 57.8 Å². The number of esters is 2. The van der Waals surface area contributed by atoms with E-state index >= 15 is 0 Å². The van der Waals surface area contributed by atoms with E-state index in [1.165, 1.54) is 103 Å². The number of hydrogen-bond donors (Lipinski definition) is 1. The molecule has 0 aromatic carbocycles. The van der Waals surface area contributed by atoms with Crippen LogP contribution < -0.4 is 0 Å². The molecule has 0 aromatic rings. The number of phosphoric acid groups is 1. The summed E-state index contributed by atoms with van der Waals surface area (Å²) >= 11 is 0. The van der Waals surface area contributed by atoms with Crippen LogP contribution in [0.5, 0.6) is 0 Å². The van der Waals surface area contributed by atoms with E-state index in [-0.39, 0.29) is 32.0 Å². The third kappa shape index (κ3) is 34.5. The fourth-order valence-corrected chi connectivity index (χ4v) is 7.29. The van der Waals surface area contributed by atoms with Gasteiger partial charge in [-0.05, 0) is 38.5 Å². The maximum Gasteiger partial charge on any atom is 0.472 e. The molecular formula is C44H85NO9P+. The Morgan fingerprint density at radius 3 is 1.73 bits per heavy atom. The van der Waals surface area contributed by atoms with Gasteiger partial charge in [0.25, 0.3) is 0 Å². The Kier molecular flexibility index (Phi) is 31.7. The van der Waals surface area contributed by atoms with Gasteiger partial charge in [0.1, 0.15) is 19.8 Å². The number of phosphoric ester groups is 1. The van der Waals surface area contributed by atoms with Crippen molar-refractivity contribution in [1.82, 2.24) is 0 Å². The van der Waals surface area contributed by atoms with E-state index in [1.54, 1.807) is 0 Å². The topological polar surface area (TPSA) is 121 Å². The molecule has 4 unspecified atom stereocenters. The first-order chi connectivity index (χ1) is 26.5. The summed E-state index contributed by atoms with van der Waals surface area (Å²) in [6.45, 7) is 4.39. The largest absolute Gasteiger partial charge is 0.472 e. The summed E-state index contributed by atoms with van der Waals surface area (Å²) in [5, 5.41) is 0. The lowest BCUT2D eigenvalue weighted by atomic mass is 10.0. The van der Waals surface area contributed by atoms with E-state index in [1.807, 2.05) is 21.1 Å². The number of epoxide rings is 1. The van der Waals surface area contributed by atoms with Gasteiger partial charge < -0.3 is 23.6 Å². The highest BCUT2D eigenvalue weighted by molar-refractivity contribution is 7.47. The zero-order valence-corrected chi connectivity index (χ0v) is 37.0. The fourth-order valence-electron chi connectivity index (χ4n) is 6.55. The SMILES string of the molecule is CCCCCCCCCCCCCCCCCC(=O)OCC(COP(=O)(O)OCC[N+](C)(C)C)OC(=O)CCCCCCC/C=C\CC1OC1CCCCC. The van der Waals surface area contributed by atoms with Crippen LogP contribution in [0.3, 0.4) is 0 Å². The maximum absolute atomic E-state index is 12.7. The molecule has 0 radical (unpaired) electrons. The molecule has 1 N–H and O–H groups in total. The Bertz CT molecular complexity index is 1020. The lowest BCUT2D eigenvalue weighted by Gasteiger charge is -2.24. The number of unbranched alkanes of at least 4 members (excludes halogenated alkanes) is 21. The average Bonchev–Trinajstić information content (AvgIpc) is 3.89. The van der Waals surface area contributed by atoms with Gasteiger partial charge in [-0.25, -0.2) is 4.57 Å². The number of carbonyl (C=O) groups is 2. The minimum absolute atomic E-state index is 0.0291. The Balaban J connectivity index is 2.26. The van der Waals surface area contributed by atoms with Crippen molar-refractivity contribution < 1.29 is 46.8 Å². The molecule has 55 heavy (non-hydrogen) atoms. The molecule has 0 saturated carbocycles. The molecule has 0 aliphatic carbocycles. The van der Waals surface area contributed by atoms with E-state index in [9.17, 15) is 19.0 Å². The van der Waals surface area contributed by atoms with E-state index < -0.39 is 26.5 Å². The van der Waals surface area contributed by atoms with Crippen molar-refractivity contribution in [2.75, 3.05) is 47.5 Å². The zero-order chi connectivity index (χ0) is 40.5. The Hall–Kier alpha value is -1.29. The lowest BCUT2D eigenvalue weighted by molar-refractivity contribution is -0.870. The van der Waals surface area contributed by atoms with Crippen LogP contribution in [0.4, 0.5) is 0 Å². The summed E-state index contributed by atoms with van der Waals surface area (Å²) in [5.74, 6) is -0.812. The van der Waals surface area contributed by atoms with Crippen LogP contribution in [0.25, 0.3) is 0 Å². The Morgan fingerprint density at radius 1 is 0.655 bits per heavy atom. The first-order valence-electron chi connectivity index (χ1n) is 22.5. The smallest absolute Gasteiger partial charge is 0.462 e. The zero-order valence-electron chi connectivity index (χ0n) is 36.1. The molecule has 1 rings (SSSR count). The average molecular weight is 803 g/mol. The molecule has 0 bridgehead atoms. The van der Waals surface area contributed by atoms with Crippen molar-refractivity contribution >= 4 is 19.8 Å². The van der Waals surface area contributed by atoms with Crippen LogP contribution in [0.15, 0.2) is 12.2 Å².